The molecule has 1 aromatic carbocycles. The molecule has 2 aromatic heterocycles. The van der Waals surface area contributed by atoms with Gasteiger partial charge >= 0.3 is 0 Å². The lowest BCUT2D eigenvalue weighted by Crippen LogP contribution is -2.43. The van der Waals surface area contributed by atoms with Crippen molar-refractivity contribution < 1.29 is 14.4 Å². The molecule has 0 aliphatic rings. The van der Waals surface area contributed by atoms with Crippen molar-refractivity contribution in [3.05, 3.63) is 58.4 Å². The van der Waals surface area contributed by atoms with E-state index in [0.29, 0.717) is 5.56 Å². The van der Waals surface area contributed by atoms with Gasteiger partial charge in [-0.25, -0.2) is 0 Å². The summed E-state index contributed by atoms with van der Waals surface area (Å²) in [6, 6.07) is 9.40. The first-order chi connectivity index (χ1) is 12.6. The van der Waals surface area contributed by atoms with E-state index in [9.17, 15) is 14.4 Å². The Morgan fingerprint density at radius 1 is 1.04 bits per heavy atom. The first-order valence-electron chi connectivity index (χ1n) is 8.06. The lowest BCUT2D eigenvalue weighted by molar-refractivity contribution is -0.128. The lowest BCUT2D eigenvalue weighted by atomic mass is 10.1. The SMILES string of the molecule is O=C(CCNC(=O)c1ccsc1)NNC(=O)Cc1c[nH]c2ccccc12. The van der Waals surface area contributed by atoms with Crippen LogP contribution in [0.2, 0.25) is 0 Å². The molecule has 0 aliphatic heterocycles. The van der Waals surface area contributed by atoms with Crippen molar-refractivity contribution in [2.45, 2.75) is 12.8 Å². The summed E-state index contributed by atoms with van der Waals surface area (Å²) in [6.07, 6.45) is 2.01. The molecule has 8 heteroatoms. The maximum Gasteiger partial charge on any atom is 0.252 e. The summed E-state index contributed by atoms with van der Waals surface area (Å²) in [5.41, 5.74) is 7.13. The third kappa shape index (κ3) is 4.48. The fourth-order valence-corrected chi connectivity index (χ4v) is 3.12. The fraction of sp³-hybridized carbons (Fsp3) is 0.167. The van der Waals surface area contributed by atoms with Gasteiger partial charge in [-0.15, -0.1) is 0 Å². The van der Waals surface area contributed by atoms with Crippen LogP contribution < -0.4 is 16.2 Å². The van der Waals surface area contributed by atoms with Crippen molar-refractivity contribution in [3.8, 4) is 0 Å². The highest BCUT2D eigenvalue weighted by Gasteiger charge is 2.10. The molecule has 134 valence electrons. The molecule has 0 aliphatic carbocycles. The molecule has 0 spiro atoms. The van der Waals surface area contributed by atoms with E-state index in [-0.39, 0.29) is 37.1 Å². The molecular formula is C18H18N4O3S. The van der Waals surface area contributed by atoms with Gasteiger partial charge in [0.15, 0.2) is 0 Å². The van der Waals surface area contributed by atoms with Crippen LogP contribution in [0, 0.1) is 0 Å². The number of hydrogen-bond acceptors (Lipinski definition) is 4. The average molecular weight is 370 g/mol. The zero-order valence-corrected chi connectivity index (χ0v) is 14.7. The molecule has 3 rings (SSSR count). The van der Waals surface area contributed by atoms with Crippen molar-refractivity contribution in [1.82, 2.24) is 21.2 Å². The highest BCUT2D eigenvalue weighted by molar-refractivity contribution is 7.08. The molecular weight excluding hydrogens is 352 g/mol. The summed E-state index contributed by atoms with van der Waals surface area (Å²) in [5.74, 6) is -0.907. The van der Waals surface area contributed by atoms with Gasteiger partial charge in [0.05, 0.1) is 6.42 Å². The molecule has 2 heterocycles. The summed E-state index contributed by atoms with van der Waals surface area (Å²) >= 11 is 1.43. The van der Waals surface area contributed by atoms with Gasteiger partial charge in [0, 0.05) is 41.0 Å². The summed E-state index contributed by atoms with van der Waals surface area (Å²) < 4.78 is 0. The van der Waals surface area contributed by atoms with Crippen LogP contribution in [0.4, 0.5) is 0 Å². The Labute approximate surface area is 153 Å². The van der Waals surface area contributed by atoms with Gasteiger partial charge in [-0.2, -0.15) is 11.3 Å². The van der Waals surface area contributed by atoms with Crippen LogP contribution in [0.15, 0.2) is 47.3 Å². The van der Waals surface area contributed by atoms with E-state index in [4.69, 9.17) is 0 Å². The smallest absolute Gasteiger partial charge is 0.252 e. The number of hydrazine groups is 1. The molecule has 0 saturated heterocycles. The number of amides is 3. The van der Waals surface area contributed by atoms with E-state index in [1.165, 1.54) is 11.3 Å². The van der Waals surface area contributed by atoms with Crippen molar-refractivity contribution in [1.29, 1.82) is 0 Å². The molecule has 4 N–H and O–H groups in total. The van der Waals surface area contributed by atoms with E-state index in [1.807, 2.05) is 29.6 Å². The van der Waals surface area contributed by atoms with Crippen molar-refractivity contribution in [2.75, 3.05) is 6.54 Å². The molecule has 0 radical (unpaired) electrons. The Morgan fingerprint density at radius 3 is 2.65 bits per heavy atom. The van der Waals surface area contributed by atoms with Gasteiger partial charge < -0.3 is 10.3 Å². The number of thiophene rings is 1. The predicted molar refractivity (Wildman–Crippen MR) is 99.6 cm³/mol. The van der Waals surface area contributed by atoms with E-state index < -0.39 is 0 Å². The molecule has 0 unspecified atom stereocenters. The molecule has 0 atom stereocenters. The van der Waals surface area contributed by atoms with Crippen LogP contribution in [0.1, 0.15) is 22.3 Å². The minimum absolute atomic E-state index is 0.0727. The Hall–Kier alpha value is -3.13. The molecule has 7 nitrogen and oxygen atoms in total. The summed E-state index contributed by atoms with van der Waals surface area (Å²) in [7, 11) is 0. The number of aromatic nitrogens is 1. The van der Waals surface area contributed by atoms with Crippen LogP contribution in [0.25, 0.3) is 10.9 Å². The average Bonchev–Trinajstić information content (AvgIpc) is 3.30. The van der Waals surface area contributed by atoms with Gasteiger partial charge in [0.25, 0.3) is 5.91 Å². The molecule has 0 bridgehead atoms. The second-order valence-electron chi connectivity index (χ2n) is 5.65. The normalized spacial score (nSPS) is 10.5. The molecule has 0 fully saturated rings. The summed E-state index contributed by atoms with van der Waals surface area (Å²) in [4.78, 5) is 38.6. The van der Waals surface area contributed by atoms with Crippen LogP contribution in [-0.2, 0) is 16.0 Å². The maximum atomic E-state index is 12.0. The first kappa shape index (κ1) is 17.7. The topological polar surface area (TPSA) is 103 Å². The number of fused-ring (bicyclic) bond motifs is 1. The van der Waals surface area contributed by atoms with Crippen LogP contribution in [-0.4, -0.2) is 29.3 Å². The zero-order chi connectivity index (χ0) is 18.4. The Kier molecular flexibility index (Phi) is 5.65. The van der Waals surface area contributed by atoms with Gasteiger partial charge in [-0.1, -0.05) is 18.2 Å². The number of nitrogens with one attached hydrogen (secondary N) is 4. The number of aromatic amines is 1. The Bertz CT molecular complexity index is 918. The number of carbonyl (C=O) groups is 3. The number of para-hydroxylation sites is 1. The van der Waals surface area contributed by atoms with Gasteiger partial charge in [0.2, 0.25) is 11.8 Å². The summed E-state index contributed by atoms with van der Waals surface area (Å²) in [6.45, 7) is 0.193. The Balaban J connectivity index is 1.38. The van der Waals surface area contributed by atoms with E-state index in [0.717, 1.165) is 16.5 Å². The first-order valence-corrected chi connectivity index (χ1v) is 9.01. The van der Waals surface area contributed by atoms with E-state index >= 15 is 0 Å². The molecule has 26 heavy (non-hydrogen) atoms. The van der Waals surface area contributed by atoms with Crippen molar-refractivity contribution in [2.24, 2.45) is 0 Å². The minimum atomic E-state index is -0.372. The largest absolute Gasteiger partial charge is 0.361 e. The molecule has 3 amide bonds. The van der Waals surface area contributed by atoms with E-state index in [2.05, 4.69) is 21.2 Å². The fourth-order valence-electron chi connectivity index (χ4n) is 2.48. The highest BCUT2D eigenvalue weighted by Crippen LogP contribution is 2.17. The van der Waals surface area contributed by atoms with Crippen LogP contribution >= 0.6 is 11.3 Å². The zero-order valence-electron chi connectivity index (χ0n) is 13.9. The van der Waals surface area contributed by atoms with Gasteiger partial charge in [-0.05, 0) is 23.1 Å². The summed E-state index contributed by atoms with van der Waals surface area (Å²) in [5, 5.41) is 7.17. The number of H-pyrrole nitrogens is 1. The molecule has 3 aromatic rings. The standard InChI is InChI=1S/C18H18N4O3S/c23-16(5-7-19-18(25)12-6-8-26-11-12)21-22-17(24)9-13-10-20-15-4-2-1-3-14(13)15/h1-4,6,8,10-11,20H,5,7,9H2,(H,19,25)(H,21,23)(H,22,24). The van der Waals surface area contributed by atoms with Gasteiger partial charge in [0.1, 0.15) is 0 Å². The van der Waals surface area contributed by atoms with Crippen molar-refractivity contribution in [3.63, 3.8) is 0 Å². The second kappa shape index (κ2) is 8.30. The quantitative estimate of drug-likeness (QED) is 0.497. The predicted octanol–water partition coefficient (Wildman–Crippen LogP) is 1.74. The third-order valence-corrected chi connectivity index (χ3v) is 4.47. The number of rotatable bonds is 6. The van der Waals surface area contributed by atoms with Gasteiger partial charge in [-0.3, -0.25) is 25.2 Å². The van der Waals surface area contributed by atoms with Crippen molar-refractivity contribution >= 4 is 40.0 Å². The number of carbonyl (C=O) groups excluding carboxylic acids is 3. The third-order valence-electron chi connectivity index (χ3n) is 3.79. The second-order valence-corrected chi connectivity index (χ2v) is 6.43. The monoisotopic (exact) mass is 370 g/mol. The highest BCUT2D eigenvalue weighted by atomic mass is 32.1. The minimum Gasteiger partial charge on any atom is -0.361 e. The molecule has 0 saturated carbocycles. The Morgan fingerprint density at radius 2 is 1.85 bits per heavy atom. The van der Waals surface area contributed by atoms with Crippen LogP contribution in [0.3, 0.4) is 0 Å². The number of hydrogen-bond donors (Lipinski definition) is 4. The number of benzene rings is 1. The maximum absolute atomic E-state index is 12.0. The lowest BCUT2D eigenvalue weighted by Gasteiger charge is -2.08. The van der Waals surface area contributed by atoms with E-state index in [1.54, 1.807) is 17.6 Å². The van der Waals surface area contributed by atoms with Crippen LogP contribution in [0.5, 0.6) is 0 Å².